The lowest BCUT2D eigenvalue weighted by molar-refractivity contribution is 0.474. The first kappa shape index (κ1) is 14.9. The van der Waals surface area contributed by atoms with Gasteiger partial charge in [0.2, 0.25) is 0 Å². The maximum absolute atomic E-state index is 9.51. The third kappa shape index (κ3) is 4.58. The summed E-state index contributed by atoms with van der Waals surface area (Å²) < 4.78 is 0. The molecule has 2 nitrogen and oxygen atoms in total. The molecule has 0 radical (unpaired) electrons. The van der Waals surface area contributed by atoms with Crippen LogP contribution >= 0.6 is 11.8 Å². The molecule has 0 saturated carbocycles. The second-order valence-corrected chi connectivity index (χ2v) is 6.08. The molecule has 0 amide bonds. The highest BCUT2D eigenvalue weighted by Gasteiger charge is 2.08. The van der Waals surface area contributed by atoms with E-state index in [9.17, 15) is 5.11 Å². The Balaban J connectivity index is 1.90. The van der Waals surface area contributed by atoms with E-state index >= 15 is 0 Å². The average Bonchev–Trinajstić information content (AvgIpc) is 2.45. The minimum absolute atomic E-state index is 0.337. The Hall–Kier alpha value is -1.45. The number of hydrogen-bond donors (Lipinski definition) is 2. The van der Waals surface area contributed by atoms with Gasteiger partial charge in [-0.1, -0.05) is 29.8 Å². The topological polar surface area (TPSA) is 32.3 Å². The molecule has 1 unspecified atom stereocenters. The van der Waals surface area contributed by atoms with Crippen molar-refractivity contribution in [2.75, 3.05) is 12.8 Å². The van der Waals surface area contributed by atoms with Crippen LogP contribution in [0, 0.1) is 6.92 Å². The van der Waals surface area contributed by atoms with Crippen LogP contribution in [0.3, 0.4) is 0 Å². The number of phenolic OH excluding ortho intramolecular Hbond substituents is 1. The van der Waals surface area contributed by atoms with Gasteiger partial charge in [-0.2, -0.15) is 0 Å². The van der Waals surface area contributed by atoms with E-state index in [4.69, 9.17) is 0 Å². The van der Waals surface area contributed by atoms with E-state index in [2.05, 4.69) is 42.6 Å². The molecule has 0 spiro atoms. The van der Waals surface area contributed by atoms with Crippen LogP contribution in [0.5, 0.6) is 5.75 Å². The van der Waals surface area contributed by atoms with Gasteiger partial charge in [0, 0.05) is 16.7 Å². The molecule has 2 N–H and O–H groups in total. The summed E-state index contributed by atoms with van der Waals surface area (Å²) in [5, 5.41) is 12.9. The SMILES string of the molecule is CNC(CSc1ccc(C)cc1)Cc1cccc(O)c1. The van der Waals surface area contributed by atoms with Crippen LogP contribution in [-0.2, 0) is 6.42 Å². The lowest BCUT2D eigenvalue weighted by Crippen LogP contribution is -2.30. The average molecular weight is 287 g/mol. The normalized spacial score (nSPS) is 12.3. The smallest absolute Gasteiger partial charge is 0.115 e. The molecule has 1 atom stereocenters. The largest absolute Gasteiger partial charge is 0.508 e. The molecule has 0 saturated heterocycles. The Morgan fingerprint density at radius 2 is 1.90 bits per heavy atom. The van der Waals surface area contributed by atoms with Gasteiger partial charge in [-0.3, -0.25) is 0 Å². The molecular weight excluding hydrogens is 266 g/mol. The predicted molar refractivity (Wildman–Crippen MR) is 86.6 cm³/mol. The van der Waals surface area contributed by atoms with Crippen molar-refractivity contribution >= 4 is 11.8 Å². The minimum Gasteiger partial charge on any atom is -0.508 e. The van der Waals surface area contributed by atoms with Gasteiger partial charge in [0.05, 0.1) is 0 Å². The first-order valence-electron chi connectivity index (χ1n) is 6.82. The first-order chi connectivity index (χ1) is 9.67. The Kier molecular flexibility index (Phi) is 5.50. The molecule has 0 aromatic heterocycles. The Morgan fingerprint density at radius 3 is 2.55 bits per heavy atom. The van der Waals surface area contributed by atoms with Gasteiger partial charge in [0.1, 0.15) is 5.75 Å². The van der Waals surface area contributed by atoms with Gasteiger partial charge < -0.3 is 10.4 Å². The highest BCUT2D eigenvalue weighted by molar-refractivity contribution is 7.99. The van der Waals surface area contributed by atoms with Crippen molar-refractivity contribution in [3.05, 3.63) is 59.7 Å². The fourth-order valence-corrected chi connectivity index (χ4v) is 3.05. The highest BCUT2D eigenvalue weighted by atomic mass is 32.2. The number of hydrogen-bond acceptors (Lipinski definition) is 3. The fraction of sp³-hybridized carbons (Fsp3) is 0.294. The van der Waals surface area contributed by atoms with Crippen LogP contribution in [0.15, 0.2) is 53.4 Å². The number of thioether (sulfide) groups is 1. The van der Waals surface area contributed by atoms with Gasteiger partial charge in [0.15, 0.2) is 0 Å². The van der Waals surface area contributed by atoms with E-state index in [1.165, 1.54) is 10.5 Å². The summed E-state index contributed by atoms with van der Waals surface area (Å²) in [5.74, 6) is 1.35. The molecule has 0 bridgehead atoms. The molecule has 20 heavy (non-hydrogen) atoms. The number of aryl methyl sites for hydroxylation is 1. The summed E-state index contributed by atoms with van der Waals surface area (Å²) in [6, 6.07) is 16.5. The van der Waals surface area contributed by atoms with Gasteiger partial charge in [-0.05, 0) is 50.2 Å². The number of rotatable bonds is 6. The molecule has 2 aromatic carbocycles. The van der Waals surface area contributed by atoms with Crippen LogP contribution in [0.4, 0.5) is 0 Å². The molecule has 0 aliphatic carbocycles. The maximum Gasteiger partial charge on any atom is 0.115 e. The van der Waals surface area contributed by atoms with Crippen LogP contribution in [0.2, 0.25) is 0 Å². The fourth-order valence-electron chi connectivity index (χ4n) is 2.04. The number of nitrogens with one attached hydrogen (secondary N) is 1. The van der Waals surface area contributed by atoms with E-state index in [0.717, 1.165) is 17.7 Å². The molecule has 106 valence electrons. The molecule has 0 heterocycles. The van der Waals surface area contributed by atoms with Crippen LogP contribution in [0.1, 0.15) is 11.1 Å². The van der Waals surface area contributed by atoms with Gasteiger partial charge >= 0.3 is 0 Å². The van der Waals surface area contributed by atoms with Gasteiger partial charge in [0.25, 0.3) is 0 Å². The minimum atomic E-state index is 0.337. The second kappa shape index (κ2) is 7.36. The zero-order chi connectivity index (χ0) is 14.4. The van der Waals surface area contributed by atoms with Crippen LogP contribution < -0.4 is 5.32 Å². The third-order valence-electron chi connectivity index (χ3n) is 3.27. The van der Waals surface area contributed by atoms with Crippen molar-refractivity contribution in [2.45, 2.75) is 24.3 Å². The molecule has 2 aromatic rings. The Morgan fingerprint density at radius 1 is 1.15 bits per heavy atom. The molecule has 0 aliphatic rings. The third-order valence-corrected chi connectivity index (χ3v) is 4.45. The van der Waals surface area contributed by atoms with Gasteiger partial charge in [-0.25, -0.2) is 0 Å². The number of likely N-dealkylation sites (N-methyl/N-ethyl adjacent to an activating group) is 1. The summed E-state index contributed by atoms with van der Waals surface area (Å²) in [5.41, 5.74) is 2.45. The summed E-state index contributed by atoms with van der Waals surface area (Å²) >= 11 is 1.86. The lowest BCUT2D eigenvalue weighted by Gasteiger charge is -2.16. The van der Waals surface area contributed by atoms with E-state index in [0.29, 0.717) is 11.8 Å². The summed E-state index contributed by atoms with van der Waals surface area (Å²) in [6.45, 7) is 2.10. The standard InChI is InChI=1S/C17H21NOS/c1-13-6-8-17(9-7-13)20-12-15(18-2)10-14-4-3-5-16(19)11-14/h3-9,11,15,18-19H,10,12H2,1-2H3. The summed E-state index contributed by atoms with van der Waals surface area (Å²) in [6.07, 6.45) is 0.920. The highest BCUT2D eigenvalue weighted by Crippen LogP contribution is 2.21. The zero-order valence-electron chi connectivity index (χ0n) is 12.0. The number of aromatic hydroxyl groups is 1. The first-order valence-corrected chi connectivity index (χ1v) is 7.80. The van der Waals surface area contributed by atoms with Crippen molar-refractivity contribution in [3.63, 3.8) is 0 Å². The van der Waals surface area contributed by atoms with Crippen molar-refractivity contribution in [1.82, 2.24) is 5.32 Å². The van der Waals surface area contributed by atoms with Crippen LogP contribution in [-0.4, -0.2) is 23.9 Å². The number of phenols is 1. The monoisotopic (exact) mass is 287 g/mol. The Labute approximate surface area is 125 Å². The van der Waals surface area contributed by atoms with E-state index in [-0.39, 0.29) is 0 Å². The van der Waals surface area contributed by atoms with Crippen molar-refractivity contribution < 1.29 is 5.11 Å². The van der Waals surface area contributed by atoms with Gasteiger partial charge in [-0.15, -0.1) is 11.8 Å². The quantitative estimate of drug-likeness (QED) is 0.796. The molecular formula is C17H21NOS. The van der Waals surface area contributed by atoms with Crippen LogP contribution in [0.25, 0.3) is 0 Å². The summed E-state index contributed by atoms with van der Waals surface area (Å²) in [4.78, 5) is 1.30. The molecule has 3 heteroatoms. The Bertz CT molecular complexity index is 539. The lowest BCUT2D eigenvalue weighted by atomic mass is 10.1. The van der Waals surface area contributed by atoms with E-state index in [1.54, 1.807) is 6.07 Å². The summed E-state index contributed by atoms with van der Waals surface area (Å²) in [7, 11) is 1.99. The molecule has 0 aliphatic heterocycles. The number of benzene rings is 2. The van der Waals surface area contributed by atoms with Crippen molar-refractivity contribution in [1.29, 1.82) is 0 Å². The van der Waals surface area contributed by atoms with Crippen molar-refractivity contribution in [2.24, 2.45) is 0 Å². The predicted octanol–water partition coefficient (Wildman–Crippen LogP) is 3.62. The zero-order valence-corrected chi connectivity index (χ0v) is 12.8. The maximum atomic E-state index is 9.51. The van der Waals surface area contributed by atoms with Crippen molar-refractivity contribution in [3.8, 4) is 5.75 Å². The molecule has 2 rings (SSSR count). The second-order valence-electron chi connectivity index (χ2n) is 4.98. The molecule has 0 fully saturated rings. The van der Waals surface area contributed by atoms with E-state index in [1.807, 2.05) is 30.9 Å². The van der Waals surface area contributed by atoms with E-state index < -0.39 is 0 Å².